The number of nitrogens with zero attached hydrogens (tertiary/aromatic N) is 4. The Kier molecular flexibility index (Phi) is 6.96. The number of fused-ring (bicyclic) bond motifs is 2. The van der Waals surface area contributed by atoms with Gasteiger partial charge in [0.25, 0.3) is 5.91 Å². The van der Waals surface area contributed by atoms with Crippen molar-refractivity contribution in [2.45, 2.75) is 61.7 Å². The fourth-order valence-electron chi connectivity index (χ4n) is 6.36. The number of alkyl halides is 3. The largest absolute Gasteiger partial charge is 0.420 e. The number of amides is 1. The van der Waals surface area contributed by atoms with Crippen LogP contribution in [0.1, 0.15) is 63.5 Å². The van der Waals surface area contributed by atoms with Crippen LogP contribution in [0.3, 0.4) is 0 Å². The minimum atomic E-state index is -4.63. The van der Waals surface area contributed by atoms with E-state index in [1.54, 1.807) is 6.07 Å². The van der Waals surface area contributed by atoms with E-state index in [0.717, 1.165) is 98.8 Å². The van der Waals surface area contributed by atoms with Crippen LogP contribution in [0.2, 0.25) is 0 Å². The number of rotatable bonds is 7. The van der Waals surface area contributed by atoms with Crippen molar-refractivity contribution in [3.05, 3.63) is 51.5 Å². The molecule has 0 unspecified atom stereocenters. The average Bonchev–Trinajstić information content (AvgIpc) is 3.89. The predicted molar refractivity (Wildman–Crippen MR) is 160 cm³/mol. The molecule has 2 aromatic heterocycles. The van der Waals surface area contributed by atoms with Gasteiger partial charge < -0.3 is 15.0 Å². The van der Waals surface area contributed by atoms with Crippen LogP contribution < -0.4 is 5.32 Å². The van der Waals surface area contributed by atoms with Gasteiger partial charge in [-0.3, -0.25) is 9.69 Å². The fourth-order valence-corrected chi connectivity index (χ4v) is 8.68. The number of aromatic nitrogens is 2. The van der Waals surface area contributed by atoms with Crippen molar-refractivity contribution in [3.63, 3.8) is 0 Å². The topological polar surface area (TPSA) is 70.6 Å². The van der Waals surface area contributed by atoms with Crippen LogP contribution in [0, 0.1) is 5.92 Å². The molecule has 3 aliphatic heterocycles. The average molecular weight is 628 g/mol. The van der Waals surface area contributed by atoms with Crippen molar-refractivity contribution < 1.29 is 22.7 Å². The summed E-state index contributed by atoms with van der Waals surface area (Å²) in [6.45, 7) is 5.29. The van der Waals surface area contributed by atoms with Gasteiger partial charge in [0.1, 0.15) is 10.4 Å². The van der Waals surface area contributed by atoms with Gasteiger partial charge in [-0.15, -0.1) is 23.1 Å². The minimum absolute atomic E-state index is 0.0811. The number of thioether (sulfide) groups is 1. The van der Waals surface area contributed by atoms with E-state index in [2.05, 4.69) is 32.3 Å². The molecule has 1 amide bonds. The van der Waals surface area contributed by atoms with Crippen molar-refractivity contribution in [3.8, 4) is 10.6 Å². The Morgan fingerprint density at radius 3 is 2.63 bits per heavy atom. The molecule has 1 saturated heterocycles. The second-order valence-electron chi connectivity index (χ2n) is 12.3. The van der Waals surface area contributed by atoms with Crippen molar-refractivity contribution in [1.82, 2.24) is 19.8 Å². The number of thiophene rings is 1. The quantitative estimate of drug-likeness (QED) is 0.318. The lowest BCUT2D eigenvalue weighted by atomic mass is 9.93. The van der Waals surface area contributed by atoms with Gasteiger partial charge in [-0.25, -0.2) is 9.97 Å². The molecule has 0 radical (unpaired) electrons. The molecule has 12 heteroatoms. The summed E-state index contributed by atoms with van der Waals surface area (Å²) in [6, 6.07) is 6.40. The first kappa shape index (κ1) is 27.8. The van der Waals surface area contributed by atoms with E-state index in [1.165, 1.54) is 28.5 Å². The van der Waals surface area contributed by atoms with E-state index in [0.29, 0.717) is 28.1 Å². The molecular weight excluding hydrogens is 596 g/mol. The highest BCUT2D eigenvalue weighted by molar-refractivity contribution is 7.99. The number of hydrogen-bond acceptors (Lipinski definition) is 8. The summed E-state index contributed by atoms with van der Waals surface area (Å²) in [6.07, 6.45) is 1.34. The lowest BCUT2D eigenvalue weighted by Crippen LogP contribution is -2.41. The Labute approximate surface area is 256 Å². The third-order valence-corrected chi connectivity index (χ3v) is 11.3. The number of halogens is 3. The van der Waals surface area contributed by atoms with Gasteiger partial charge in [-0.05, 0) is 66.8 Å². The number of carbonyl (C=O) groups is 1. The number of nitrogens with one attached hydrogen (secondary N) is 1. The second kappa shape index (κ2) is 10.7. The fraction of sp³-hybridized carbons (Fsp3) is 0.516. The zero-order valence-electron chi connectivity index (χ0n) is 23.6. The summed E-state index contributed by atoms with van der Waals surface area (Å²) >= 11 is 2.64. The monoisotopic (exact) mass is 627 g/mol. The number of benzene rings is 1. The number of anilines is 2. The Morgan fingerprint density at radius 2 is 1.91 bits per heavy atom. The molecule has 5 aliphatic rings. The van der Waals surface area contributed by atoms with Crippen LogP contribution in [0.25, 0.3) is 10.6 Å². The molecule has 2 saturated carbocycles. The maximum atomic E-state index is 14.2. The molecule has 0 atom stereocenters. The first-order valence-electron chi connectivity index (χ1n) is 15.0. The summed E-state index contributed by atoms with van der Waals surface area (Å²) < 4.78 is 48.0. The van der Waals surface area contributed by atoms with Crippen LogP contribution in [0.15, 0.2) is 29.3 Å². The van der Waals surface area contributed by atoms with Gasteiger partial charge in [0.05, 0.1) is 23.8 Å². The highest BCUT2D eigenvalue weighted by Gasteiger charge is 2.39. The first-order chi connectivity index (χ1) is 20.8. The van der Waals surface area contributed by atoms with E-state index >= 15 is 0 Å². The third kappa shape index (κ3) is 5.55. The molecule has 5 heterocycles. The molecule has 3 aromatic rings. The van der Waals surface area contributed by atoms with E-state index in [1.807, 2.05) is 4.90 Å². The SMILES string of the molecule is O=C1c2sc(-c3nc(Nc4cc5c(cc4C4CC4)CN(CC4COC4)CC5)ncc3C(F)(F)F)cc2SCCN1C1CC1. The van der Waals surface area contributed by atoms with Crippen LogP contribution in [0.4, 0.5) is 24.8 Å². The molecule has 0 bridgehead atoms. The van der Waals surface area contributed by atoms with Gasteiger partial charge in [-0.1, -0.05) is 6.07 Å². The number of carbonyl (C=O) groups excluding carboxylic acids is 1. The summed E-state index contributed by atoms with van der Waals surface area (Å²) in [5.41, 5.74) is 3.57. The first-order valence-corrected chi connectivity index (χ1v) is 16.9. The molecule has 8 rings (SSSR count). The Morgan fingerprint density at radius 1 is 1.07 bits per heavy atom. The van der Waals surface area contributed by atoms with Crippen LogP contribution in [0.5, 0.6) is 0 Å². The molecule has 0 spiro atoms. The predicted octanol–water partition coefficient (Wildman–Crippen LogP) is 6.56. The maximum Gasteiger partial charge on any atom is 0.420 e. The second-order valence-corrected chi connectivity index (χ2v) is 14.5. The van der Waals surface area contributed by atoms with Gasteiger partial charge in [0, 0.05) is 60.7 Å². The van der Waals surface area contributed by atoms with Crippen molar-refractivity contribution in [1.29, 1.82) is 0 Å². The standard InChI is InChI=1S/C31H32F3N5O2S2/c32-31(33,34)23-12-35-30(37-27(23)25-11-26-28(43-25)29(40)39(7-8-42-26)21-3-4-21)36-24-10-19-5-6-38(13-17-15-41-16-17)14-20(19)9-22(24)18-1-2-18/h9-12,17-18,21H,1-8,13-16H2,(H,35,36,37). The number of hydrogen-bond donors (Lipinski definition) is 1. The van der Waals surface area contributed by atoms with Gasteiger partial charge in [0.2, 0.25) is 5.95 Å². The summed E-state index contributed by atoms with van der Waals surface area (Å²) in [5, 5.41) is 3.31. The van der Waals surface area contributed by atoms with E-state index in [4.69, 9.17) is 4.74 Å². The van der Waals surface area contributed by atoms with Crippen molar-refractivity contribution in [2.24, 2.45) is 5.92 Å². The zero-order chi connectivity index (χ0) is 29.3. The summed E-state index contributed by atoms with van der Waals surface area (Å²) in [4.78, 5) is 27.9. The molecule has 226 valence electrons. The molecule has 43 heavy (non-hydrogen) atoms. The summed E-state index contributed by atoms with van der Waals surface area (Å²) in [5.74, 6) is 1.83. The third-order valence-electron chi connectivity index (χ3n) is 9.01. The number of ether oxygens (including phenoxy) is 1. The lowest BCUT2D eigenvalue weighted by Gasteiger charge is -2.35. The highest BCUT2D eigenvalue weighted by Crippen LogP contribution is 2.47. The Balaban J connectivity index is 1.11. The normalized spacial score (nSPS) is 21.3. The maximum absolute atomic E-state index is 14.2. The Hall–Kier alpha value is -2.67. The Bertz CT molecular complexity index is 1580. The van der Waals surface area contributed by atoms with Gasteiger partial charge >= 0.3 is 6.18 Å². The molecule has 3 fully saturated rings. The van der Waals surface area contributed by atoms with Gasteiger partial charge in [-0.2, -0.15) is 13.2 Å². The van der Waals surface area contributed by atoms with E-state index in [9.17, 15) is 18.0 Å². The molecule has 1 aromatic carbocycles. The molecule has 2 aliphatic carbocycles. The van der Waals surface area contributed by atoms with Crippen LogP contribution >= 0.6 is 23.1 Å². The smallest absolute Gasteiger partial charge is 0.381 e. The van der Waals surface area contributed by atoms with Gasteiger partial charge in [0.15, 0.2) is 0 Å². The van der Waals surface area contributed by atoms with Crippen molar-refractivity contribution in [2.75, 3.05) is 43.9 Å². The van der Waals surface area contributed by atoms with Crippen LogP contribution in [-0.4, -0.2) is 70.3 Å². The molecule has 1 N–H and O–H groups in total. The van der Waals surface area contributed by atoms with E-state index in [-0.39, 0.29) is 23.6 Å². The lowest BCUT2D eigenvalue weighted by molar-refractivity contribution is -0.137. The molecule has 7 nitrogen and oxygen atoms in total. The molecular formula is C31H32F3N5O2S2. The summed E-state index contributed by atoms with van der Waals surface area (Å²) in [7, 11) is 0. The zero-order valence-corrected chi connectivity index (χ0v) is 25.2. The minimum Gasteiger partial charge on any atom is -0.381 e. The van der Waals surface area contributed by atoms with Crippen molar-refractivity contribution >= 4 is 40.6 Å². The van der Waals surface area contributed by atoms with E-state index < -0.39 is 11.7 Å². The highest BCUT2D eigenvalue weighted by atomic mass is 32.2. The van der Waals surface area contributed by atoms with Crippen LogP contribution in [-0.2, 0) is 23.9 Å².